The van der Waals surface area contributed by atoms with Crippen LogP contribution in [0.15, 0.2) is 231 Å². The molecule has 0 radical (unpaired) electrons. The highest BCUT2D eigenvalue weighted by atomic mass is 15.0. The number of anilines is 4. The number of para-hydroxylation sites is 1. The Balaban J connectivity index is 0.969. The first-order valence-electron chi connectivity index (χ1n) is 22.3. The summed E-state index contributed by atoms with van der Waals surface area (Å²) in [6.07, 6.45) is 3.77. The molecule has 5 heteroatoms. The zero-order valence-corrected chi connectivity index (χ0v) is 36.5. The molecule has 0 unspecified atom stereocenters. The Hall–Kier alpha value is -8.80. The molecule has 2 heterocycles. The monoisotopic (exact) mass is 847 g/mol. The van der Waals surface area contributed by atoms with E-state index in [4.69, 9.17) is 9.97 Å². The summed E-state index contributed by atoms with van der Waals surface area (Å²) in [6.45, 7) is 6.44. The maximum atomic E-state index is 5.19. The fourth-order valence-corrected chi connectivity index (χ4v) is 9.10. The normalized spacial score (nSPS) is 11.2. The number of rotatable bonds is 11. The van der Waals surface area contributed by atoms with E-state index in [1.165, 1.54) is 21.9 Å². The molecule has 0 fully saturated rings. The molecule has 5 nitrogen and oxygen atoms in total. The topological polar surface area (TPSA) is 54.8 Å². The predicted octanol–water partition coefficient (Wildman–Crippen LogP) is 16.3. The maximum absolute atomic E-state index is 5.19. The Morgan fingerprint density at radius 2 is 1.00 bits per heavy atom. The molecule has 0 aliphatic rings. The van der Waals surface area contributed by atoms with Gasteiger partial charge in [-0.2, -0.15) is 0 Å². The van der Waals surface area contributed by atoms with Gasteiger partial charge in [0.05, 0.1) is 28.6 Å². The van der Waals surface area contributed by atoms with Gasteiger partial charge in [-0.3, -0.25) is 4.98 Å². The Labute approximate surface area is 385 Å². The van der Waals surface area contributed by atoms with Gasteiger partial charge in [-0.25, -0.2) is 4.98 Å². The lowest BCUT2D eigenvalue weighted by Crippen LogP contribution is -2.02. The summed E-state index contributed by atoms with van der Waals surface area (Å²) >= 11 is 0. The fourth-order valence-electron chi connectivity index (χ4n) is 9.10. The minimum atomic E-state index is 0.678. The molecule has 0 aliphatic carbocycles. The van der Waals surface area contributed by atoms with Crippen LogP contribution in [0.4, 0.5) is 22.9 Å². The second-order valence-corrected chi connectivity index (χ2v) is 16.5. The van der Waals surface area contributed by atoms with Crippen molar-refractivity contribution < 1.29 is 0 Å². The van der Waals surface area contributed by atoms with Crippen molar-refractivity contribution in [3.63, 3.8) is 0 Å². The highest BCUT2D eigenvalue weighted by Gasteiger charge is 2.19. The largest absolute Gasteiger partial charge is 0.355 e. The average molecular weight is 848 g/mol. The number of aryl methyl sites for hydroxylation is 1. The van der Waals surface area contributed by atoms with Crippen molar-refractivity contribution in [2.75, 3.05) is 10.6 Å². The highest BCUT2D eigenvalue weighted by molar-refractivity contribution is 6.12. The SMILES string of the molecule is C=Cc1cc(-c2ccc3c(c2)c2ccc(Nc4cnc(-c5ccccc5)c(-c5ccccc5)n4)c(C)c2n3-c2ccccc2)ccc1Nc1cc(-c2ccccc2)cc(-c2ccccc2)c1. The van der Waals surface area contributed by atoms with Gasteiger partial charge < -0.3 is 15.2 Å². The molecule has 11 aromatic rings. The second-order valence-electron chi connectivity index (χ2n) is 16.5. The van der Waals surface area contributed by atoms with Gasteiger partial charge in [0, 0.05) is 44.6 Å². The minimum absolute atomic E-state index is 0.678. The van der Waals surface area contributed by atoms with E-state index in [9.17, 15) is 0 Å². The third-order valence-electron chi connectivity index (χ3n) is 12.4. The van der Waals surface area contributed by atoms with Crippen LogP contribution in [0.25, 0.3) is 89.5 Å². The van der Waals surface area contributed by atoms with Gasteiger partial charge in [0.2, 0.25) is 0 Å². The molecular formula is C61H45N5. The summed E-state index contributed by atoms with van der Waals surface area (Å²) in [4.78, 5) is 10.2. The van der Waals surface area contributed by atoms with E-state index in [0.717, 1.165) is 89.7 Å². The molecule has 0 bridgehead atoms. The van der Waals surface area contributed by atoms with E-state index in [2.05, 4.69) is 211 Å². The average Bonchev–Trinajstić information content (AvgIpc) is 3.73. The van der Waals surface area contributed by atoms with Crippen molar-refractivity contribution in [3.05, 3.63) is 242 Å². The lowest BCUT2D eigenvalue weighted by Gasteiger charge is -2.15. The molecular weight excluding hydrogens is 803 g/mol. The van der Waals surface area contributed by atoms with Crippen molar-refractivity contribution in [2.24, 2.45) is 0 Å². The summed E-state index contributed by atoms with van der Waals surface area (Å²) in [7, 11) is 0. The molecule has 11 rings (SSSR count). The van der Waals surface area contributed by atoms with Crippen LogP contribution >= 0.6 is 0 Å². The minimum Gasteiger partial charge on any atom is -0.355 e. The number of nitrogens with zero attached hydrogens (tertiary/aromatic N) is 3. The van der Waals surface area contributed by atoms with Gasteiger partial charge in [0.15, 0.2) is 0 Å². The van der Waals surface area contributed by atoms with Crippen LogP contribution in [-0.4, -0.2) is 14.5 Å². The van der Waals surface area contributed by atoms with E-state index in [0.29, 0.717) is 5.82 Å². The number of hydrogen-bond acceptors (Lipinski definition) is 4. The van der Waals surface area contributed by atoms with Gasteiger partial charge in [0.25, 0.3) is 0 Å². The van der Waals surface area contributed by atoms with Gasteiger partial charge in [-0.1, -0.05) is 170 Å². The van der Waals surface area contributed by atoms with Crippen LogP contribution in [0.5, 0.6) is 0 Å². The quantitative estimate of drug-likeness (QED) is 0.136. The lowest BCUT2D eigenvalue weighted by molar-refractivity contribution is 1.16. The summed E-state index contributed by atoms with van der Waals surface area (Å²) in [5, 5.41) is 9.77. The van der Waals surface area contributed by atoms with Gasteiger partial charge >= 0.3 is 0 Å². The molecule has 2 aromatic heterocycles. The Morgan fingerprint density at radius 3 is 1.62 bits per heavy atom. The summed E-state index contributed by atoms with van der Waals surface area (Å²) in [5.41, 5.74) is 19.1. The van der Waals surface area contributed by atoms with Crippen LogP contribution < -0.4 is 10.6 Å². The van der Waals surface area contributed by atoms with E-state index in [-0.39, 0.29) is 0 Å². The van der Waals surface area contributed by atoms with E-state index >= 15 is 0 Å². The fraction of sp³-hybridized carbons (Fsp3) is 0.0164. The van der Waals surface area contributed by atoms with Crippen LogP contribution in [0, 0.1) is 6.92 Å². The van der Waals surface area contributed by atoms with E-state index < -0.39 is 0 Å². The summed E-state index contributed by atoms with van der Waals surface area (Å²) in [5.74, 6) is 0.678. The number of nitrogens with one attached hydrogen (secondary N) is 2. The molecule has 0 saturated carbocycles. The maximum Gasteiger partial charge on any atom is 0.149 e. The van der Waals surface area contributed by atoms with Crippen molar-refractivity contribution in [2.45, 2.75) is 6.92 Å². The lowest BCUT2D eigenvalue weighted by atomic mass is 9.97. The number of aromatic nitrogens is 3. The van der Waals surface area contributed by atoms with Gasteiger partial charge in [-0.15, -0.1) is 0 Å². The van der Waals surface area contributed by atoms with Crippen molar-refractivity contribution in [3.8, 4) is 61.6 Å². The zero-order chi connectivity index (χ0) is 44.4. The van der Waals surface area contributed by atoms with E-state index in [1.807, 2.05) is 48.7 Å². The zero-order valence-electron chi connectivity index (χ0n) is 36.5. The molecule has 0 spiro atoms. The third-order valence-corrected chi connectivity index (χ3v) is 12.4. The first-order chi connectivity index (χ1) is 32.6. The van der Waals surface area contributed by atoms with Gasteiger partial charge in [-0.05, 0) is 112 Å². The standard InChI is InChI=1S/C61H45N5/c1-3-42-35-47(29-32-56(42)63-51-37-49(43-19-9-4-10-20-43)36-50(38-51)44-21-11-5-12-22-44)48-30-34-57-54(39-48)53-31-33-55(41(2)61(53)66(57)52-27-17-8-18-28-52)64-58-40-62-59(45-23-13-6-14-24-45)60(65-58)46-25-15-7-16-26-46/h3-40,63H,1H2,2H3,(H,64,65). The second kappa shape index (κ2) is 17.4. The van der Waals surface area contributed by atoms with Crippen molar-refractivity contribution in [1.29, 1.82) is 0 Å². The van der Waals surface area contributed by atoms with Crippen LogP contribution in [-0.2, 0) is 0 Å². The smallest absolute Gasteiger partial charge is 0.149 e. The van der Waals surface area contributed by atoms with Crippen LogP contribution in [0.3, 0.4) is 0 Å². The third kappa shape index (κ3) is 7.69. The van der Waals surface area contributed by atoms with Crippen molar-refractivity contribution >= 4 is 50.8 Å². The summed E-state index contributed by atoms with van der Waals surface area (Å²) < 4.78 is 2.38. The molecule has 66 heavy (non-hydrogen) atoms. The van der Waals surface area contributed by atoms with Gasteiger partial charge in [0.1, 0.15) is 5.82 Å². The van der Waals surface area contributed by atoms with E-state index in [1.54, 1.807) is 0 Å². The molecule has 0 amide bonds. The van der Waals surface area contributed by atoms with Crippen molar-refractivity contribution in [1.82, 2.24) is 14.5 Å². The predicted molar refractivity (Wildman–Crippen MR) is 278 cm³/mol. The molecule has 9 aromatic carbocycles. The van der Waals surface area contributed by atoms with Crippen LogP contribution in [0.2, 0.25) is 0 Å². The first-order valence-corrected chi connectivity index (χ1v) is 22.3. The van der Waals surface area contributed by atoms with Crippen LogP contribution in [0.1, 0.15) is 11.1 Å². The number of fused-ring (bicyclic) bond motifs is 3. The molecule has 0 saturated heterocycles. The Kier molecular flexibility index (Phi) is 10.5. The molecule has 2 N–H and O–H groups in total. The molecule has 0 aliphatic heterocycles. The Morgan fingerprint density at radius 1 is 0.455 bits per heavy atom. The summed E-state index contributed by atoms with van der Waals surface area (Å²) in [6, 6.07) is 76.7. The highest BCUT2D eigenvalue weighted by Crippen LogP contribution is 2.41. The molecule has 314 valence electrons. The molecule has 0 atom stereocenters. The number of benzene rings is 9. The first kappa shape index (κ1) is 40.0. The number of hydrogen-bond donors (Lipinski definition) is 2. The Bertz CT molecular complexity index is 3470.